The minimum atomic E-state index is -0.00644. The summed E-state index contributed by atoms with van der Waals surface area (Å²) in [5.41, 5.74) is 5.57. The van der Waals surface area contributed by atoms with Crippen LogP contribution in [-0.4, -0.2) is 42.9 Å². The highest BCUT2D eigenvalue weighted by molar-refractivity contribution is 5.84. The number of carbonyl (C=O) groups is 1. The molecule has 3 N–H and O–H groups in total. The SMILES string of the molecule is CCN(C)C(=O)CN=C(N)NC1CC1. The highest BCUT2D eigenvalue weighted by atomic mass is 16.2. The van der Waals surface area contributed by atoms with E-state index in [0.717, 1.165) is 12.8 Å². The molecule has 0 aliphatic heterocycles. The quantitative estimate of drug-likeness (QED) is 0.474. The minimum Gasteiger partial charge on any atom is -0.370 e. The number of hydrogen-bond acceptors (Lipinski definition) is 2. The average Bonchev–Trinajstić information content (AvgIpc) is 2.96. The number of aliphatic imine (C=N–C) groups is 1. The molecule has 1 aliphatic rings. The summed E-state index contributed by atoms with van der Waals surface area (Å²) in [6, 6.07) is 0.484. The molecule has 5 heteroatoms. The van der Waals surface area contributed by atoms with Crippen molar-refractivity contribution < 1.29 is 4.79 Å². The Morgan fingerprint density at radius 2 is 2.29 bits per heavy atom. The lowest BCUT2D eigenvalue weighted by Gasteiger charge is -2.12. The molecule has 0 spiro atoms. The number of likely N-dealkylation sites (N-methyl/N-ethyl adjacent to an activating group) is 1. The minimum absolute atomic E-state index is 0.00644. The fourth-order valence-electron chi connectivity index (χ4n) is 0.932. The van der Waals surface area contributed by atoms with Crippen molar-refractivity contribution in [1.29, 1.82) is 0 Å². The van der Waals surface area contributed by atoms with Gasteiger partial charge in [-0.05, 0) is 19.8 Å². The van der Waals surface area contributed by atoms with Crippen LogP contribution in [-0.2, 0) is 4.79 Å². The van der Waals surface area contributed by atoms with E-state index in [0.29, 0.717) is 18.5 Å². The third-order valence-corrected chi connectivity index (χ3v) is 2.21. The van der Waals surface area contributed by atoms with Crippen molar-refractivity contribution >= 4 is 11.9 Å². The fraction of sp³-hybridized carbons (Fsp3) is 0.778. The van der Waals surface area contributed by atoms with Gasteiger partial charge in [0.2, 0.25) is 5.91 Å². The van der Waals surface area contributed by atoms with Gasteiger partial charge in [-0.1, -0.05) is 0 Å². The third kappa shape index (κ3) is 3.64. The standard InChI is InChI=1S/C9H18N4O/c1-3-13(2)8(14)6-11-9(10)12-7-4-5-7/h7H,3-6H2,1-2H3,(H3,10,11,12). The van der Waals surface area contributed by atoms with Gasteiger partial charge in [0.25, 0.3) is 0 Å². The van der Waals surface area contributed by atoms with Gasteiger partial charge in [-0.3, -0.25) is 4.79 Å². The predicted octanol–water partition coefficient (Wildman–Crippen LogP) is -0.469. The second-order valence-corrected chi connectivity index (χ2v) is 3.53. The number of guanidine groups is 1. The van der Waals surface area contributed by atoms with Crippen LogP contribution in [0.15, 0.2) is 4.99 Å². The van der Waals surface area contributed by atoms with Crippen LogP contribution >= 0.6 is 0 Å². The highest BCUT2D eigenvalue weighted by Gasteiger charge is 2.21. The van der Waals surface area contributed by atoms with E-state index >= 15 is 0 Å². The summed E-state index contributed by atoms with van der Waals surface area (Å²) in [4.78, 5) is 16.9. The van der Waals surface area contributed by atoms with E-state index in [4.69, 9.17) is 5.73 Å². The zero-order valence-corrected chi connectivity index (χ0v) is 8.79. The topological polar surface area (TPSA) is 70.7 Å². The Balaban J connectivity index is 2.25. The Kier molecular flexibility index (Phi) is 3.73. The largest absolute Gasteiger partial charge is 0.370 e. The van der Waals surface area contributed by atoms with E-state index < -0.39 is 0 Å². The van der Waals surface area contributed by atoms with Crippen molar-refractivity contribution in [3.63, 3.8) is 0 Å². The predicted molar refractivity (Wildman–Crippen MR) is 56.0 cm³/mol. The van der Waals surface area contributed by atoms with Crippen molar-refractivity contribution in [3.05, 3.63) is 0 Å². The van der Waals surface area contributed by atoms with Crippen molar-refractivity contribution in [3.8, 4) is 0 Å². The Morgan fingerprint density at radius 1 is 1.64 bits per heavy atom. The number of carbonyl (C=O) groups excluding carboxylic acids is 1. The zero-order valence-electron chi connectivity index (χ0n) is 8.79. The molecule has 0 saturated heterocycles. The number of nitrogens with one attached hydrogen (secondary N) is 1. The molecule has 0 aromatic rings. The Hall–Kier alpha value is -1.26. The third-order valence-electron chi connectivity index (χ3n) is 2.21. The highest BCUT2D eigenvalue weighted by Crippen LogP contribution is 2.17. The Bertz CT molecular complexity index is 235. The van der Waals surface area contributed by atoms with E-state index in [-0.39, 0.29) is 12.5 Å². The van der Waals surface area contributed by atoms with Crippen LogP contribution in [0.2, 0.25) is 0 Å². The fourth-order valence-corrected chi connectivity index (χ4v) is 0.932. The van der Waals surface area contributed by atoms with Crippen LogP contribution in [0.3, 0.4) is 0 Å². The van der Waals surface area contributed by atoms with Crippen molar-refractivity contribution in [2.75, 3.05) is 20.1 Å². The molecule has 0 heterocycles. The van der Waals surface area contributed by atoms with E-state index in [1.54, 1.807) is 11.9 Å². The van der Waals surface area contributed by atoms with E-state index in [9.17, 15) is 4.79 Å². The molecule has 0 unspecified atom stereocenters. The smallest absolute Gasteiger partial charge is 0.244 e. The number of rotatable bonds is 4. The molecular weight excluding hydrogens is 180 g/mol. The molecule has 0 atom stereocenters. The molecule has 1 fully saturated rings. The first kappa shape index (κ1) is 10.8. The second kappa shape index (κ2) is 4.83. The lowest BCUT2D eigenvalue weighted by Crippen LogP contribution is -2.35. The lowest BCUT2D eigenvalue weighted by molar-refractivity contribution is -0.128. The Labute approximate surface area is 84.4 Å². The van der Waals surface area contributed by atoms with Gasteiger partial charge >= 0.3 is 0 Å². The first-order valence-electron chi connectivity index (χ1n) is 4.94. The number of nitrogens with two attached hydrogens (primary N) is 1. The maximum atomic E-state index is 11.3. The van der Waals surface area contributed by atoms with Gasteiger partial charge in [0.15, 0.2) is 5.96 Å². The molecule has 1 amide bonds. The molecule has 1 saturated carbocycles. The molecule has 5 nitrogen and oxygen atoms in total. The number of nitrogens with zero attached hydrogens (tertiary/aromatic N) is 2. The van der Waals surface area contributed by atoms with Crippen LogP contribution in [0, 0.1) is 0 Å². The monoisotopic (exact) mass is 198 g/mol. The summed E-state index contributed by atoms with van der Waals surface area (Å²) in [7, 11) is 1.75. The number of amides is 1. The number of hydrogen-bond donors (Lipinski definition) is 2. The first-order valence-corrected chi connectivity index (χ1v) is 4.94. The van der Waals surface area contributed by atoms with E-state index in [2.05, 4.69) is 10.3 Å². The first-order chi connectivity index (χ1) is 6.63. The van der Waals surface area contributed by atoms with E-state index in [1.165, 1.54) is 0 Å². The second-order valence-electron chi connectivity index (χ2n) is 3.53. The van der Waals surface area contributed by atoms with Gasteiger partial charge in [0.05, 0.1) is 0 Å². The van der Waals surface area contributed by atoms with Crippen LogP contribution < -0.4 is 11.1 Å². The normalized spacial score (nSPS) is 16.6. The van der Waals surface area contributed by atoms with Crippen LogP contribution in [0.4, 0.5) is 0 Å². The molecule has 1 aliphatic carbocycles. The summed E-state index contributed by atoms with van der Waals surface area (Å²) >= 11 is 0. The summed E-state index contributed by atoms with van der Waals surface area (Å²) in [5.74, 6) is 0.374. The molecule has 0 bridgehead atoms. The Morgan fingerprint density at radius 3 is 2.79 bits per heavy atom. The zero-order chi connectivity index (χ0) is 10.6. The van der Waals surface area contributed by atoms with Gasteiger partial charge in [0, 0.05) is 19.6 Å². The van der Waals surface area contributed by atoms with Gasteiger partial charge in [-0.25, -0.2) is 4.99 Å². The van der Waals surface area contributed by atoms with E-state index in [1.807, 2.05) is 6.92 Å². The molecule has 80 valence electrons. The molecular formula is C9H18N4O. The molecule has 0 aromatic carbocycles. The summed E-state index contributed by atoms with van der Waals surface area (Å²) in [6.45, 7) is 2.76. The molecule has 1 rings (SSSR count). The van der Waals surface area contributed by atoms with Crippen molar-refractivity contribution in [2.24, 2.45) is 10.7 Å². The average molecular weight is 198 g/mol. The van der Waals surface area contributed by atoms with Crippen molar-refractivity contribution in [1.82, 2.24) is 10.2 Å². The molecule has 0 aromatic heterocycles. The molecule has 0 radical (unpaired) electrons. The van der Waals surface area contributed by atoms with Gasteiger partial charge < -0.3 is 16.0 Å². The maximum Gasteiger partial charge on any atom is 0.244 e. The van der Waals surface area contributed by atoms with Crippen LogP contribution in [0.1, 0.15) is 19.8 Å². The van der Waals surface area contributed by atoms with Crippen LogP contribution in [0.5, 0.6) is 0 Å². The molecule has 14 heavy (non-hydrogen) atoms. The van der Waals surface area contributed by atoms with Crippen molar-refractivity contribution in [2.45, 2.75) is 25.8 Å². The maximum absolute atomic E-state index is 11.3. The van der Waals surface area contributed by atoms with Gasteiger partial charge in [-0.15, -0.1) is 0 Å². The summed E-state index contributed by atoms with van der Waals surface area (Å²) in [6.07, 6.45) is 2.30. The van der Waals surface area contributed by atoms with Gasteiger partial charge in [-0.2, -0.15) is 0 Å². The summed E-state index contributed by atoms with van der Waals surface area (Å²) < 4.78 is 0. The van der Waals surface area contributed by atoms with Crippen LogP contribution in [0.25, 0.3) is 0 Å². The van der Waals surface area contributed by atoms with Gasteiger partial charge in [0.1, 0.15) is 6.54 Å². The lowest BCUT2D eigenvalue weighted by atomic mass is 10.5. The summed E-state index contributed by atoms with van der Waals surface area (Å²) in [5, 5.41) is 3.02.